The predicted molar refractivity (Wildman–Crippen MR) is 130 cm³/mol. The first kappa shape index (κ1) is 23.6. The van der Waals surface area contributed by atoms with Gasteiger partial charge < -0.3 is 19.7 Å². The van der Waals surface area contributed by atoms with Gasteiger partial charge in [0.1, 0.15) is 13.2 Å². The number of benzene rings is 2. The van der Waals surface area contributed by atoms with Crippen molar-refractivity contribution in [1.82, 2.24) is 4.31 Å². The van der Waals surface area contributed by atoms with Crippen LogP contribution in [0.25, 0.3) is 0 Å². The van der Waals surface area contributed by atoms with Gasteiger partial charge in [-0.05, 0) is 43.2 Å². The maximum absolute atomic E-state index is 13.1. The Kier molecular flexibility index (Phi) is 6.66. The van der Waals surface area contributed by atoms with E-state index in [2.05, 4.69) is 5.32 Å². The predicted octanol–water partition coefficient (Wildman–Crippen LogP) is 3.01. The maximum atomic E-state index is 13.1. The van der Waals surface area contributed by atoms with Gasteiger partial charge in [-0.25, -0.2) is 8.42 Å². The van der Waals surface area contributed by atoms with E-state index in [1.54, 1.807) is 41.3 Å². The van der Waals surface area contributed by atoms with Gasteiger partial charge in [0.2, 0.25) is 21.8 Å². The summed E-state index contributed by atoms with van der Waals surface area (Å²) in [6.45, 7) is 2.19. The minimum Gasteiger partial charge on any atom is -0.486 e. The molecule has 0 aromatic heterocycles. The van der Waals surface area contributed by atoms with Crippen molar-refractivity contribution in [1.29, 1.82) is 0 Å². The zero-order valence-corrected chi connectivity index (χ0v) is 20.3. The summed E-state index contributed by atoms with van der Waals surface area (Å²) in [5.41, 5.74) is 1.05. The zero-order valence-electron chi connectivity index (χ0n) is 19.4. The summed E-state index contributed by atoms with van der Waals surface area (Å²) >= 11 is 0. The number of nitrogens with one attached hydrogen (secondary N) is 1. The van der Waals surface area contributed by atoms with Gasteiger partial charge in [0, 0.05) is 43.5 Å². The molecule has 1 atom stereocenters. The van der Waals surface area contributed by atoms with Gasteiger partial charge in [0.25, 0.3) is 0 Å². The minimum atomic E-state index is -3.63. The van der Waals surface area contributed by atoms with Crippen molar-refractivity contribution in [2.24, 2.45) is 5.92 Å². The molecule has 0 unspecified atom stereocenters. The highest BCUT2D eigenvalue weighted by Gasteiger charge is 2.36. The molecule has 186 valence electrons. The van der Waals surface area contributed by atoms with Gasteiger partial charge in [-0.15, -0.1) is 0 Å². The summed E-state index contributed by atoms with van der Waals surface area (Å²) < 4.78 is 38.9. The minimum absolute atomic E-state index is 0.0754. The Bertz CT molecular complexity index is 1220. The average molecular weight is 500 g/mol. The van der Waals surface area contributed by atoms with E-state index in [-0.39, 0.29) is 29.7 Å². The third kappa shape index (κ3) is 4.99. The molecule has 3 aliphatic heterocycles. The van der Waals surface area contributed by atoms with Crippen LogP contribution in [0.4, 0.5) is 11.4 Å². The van der Waals surface area contributed by atoms with Crippen LogP contribution in [0, 0.1) is 5.92 Å². The van der Waals surface area contributed by atoms with Crippen molar-refractivity contribution in [3.63, 3.8) is 0 Å². The topological polar surface area (TPSA) is 105 Å². The van der Waals surface area contributed by atoms with E-state index >= 15 is 0 Å². The van der Waals surface area contributed by atoms with Crippen molar-refractivity contribution in [3.05, 3.63) is 42.5 Å². The molecule has 5 rings (SSSR count). The number of amides is 2. The van der Waals surface area contributed by atoms with Gasteiger partial charge in [-0.1, -0.05) is 18.9 Å². The molecular formula is C25H29N3O6S. The number of ether oxygens (including phenoxy) is 2. The van der Waals surface area contributed by atoms with E-state index in [0.717, 1.165) is 25.7 Å². The van der Waals surface area contributed by atoms with Crippen molar-refractivity contribution in [3.8, 4) is 11.5 Å². The lowest BCUT2D eigenvalue weighted by molar-refractivity contribution is -0.122. The van der Waals surface area contributed by atoms with Crippen LogP contribution in [0.15, 0.2) is 47.4 Å². The van der Waals surface area contributed by atoms with E-state index in [1.807, 2.05) is 0 Å². The number of carbonyl (C=O) groups is 2. The molecule has 1 N–H and O–H groups in total. The van der Waals surface area contributed by atoms with E-state index in [1.165, 1.54) is 10.4 Å². The van der Waals surface area contributed by atoms with Crippen molar-refractivity contribution in [2.45, 2.75) is 37.0 Å². The fourth-order valence-electron chi connectivity index (χ4n) is 4.74. The Morgan fingerprint density at radius 1 is 0.943 bits per heavy atom. The lowest BCUT2D eigenvalue weighted by atomic mass is 10.1. The van der Waals surface area contributed by atoms with Gasteiger partial charge in [-0.2, -0.15) is 4.31 Å². The summed E-state index contributed by atoms with van der Waals surface area (Å²) in [5.74, 6) is 0.191. The molecule has 2 saturated heterocycles. The number of hydrogen-bond donors (Lipinski definition) is 1. The Morgan fingerprint density at radius 2 is 1.69 bits per heavy atom. The zero-order chi connectivity index (χ0) is 24.4. The normalized spacial score (nSPS) is 21.0. The smallest absolute Gasteiger partial charge is 0.243 e. The summed E-state index contributed by atoms with van der Waals surface area (Å²) in [4.78, 5) is 27.4. The summed E-state index contributed by atoms with van der Waals surface area (Å²) in [5, 5.41) is 2.81. The number of nitrogens with zero attached hydrogens (tertiary/aromatic N) is 2. The van der Waals surface area contributed by atoms with Crippen LogP contribution in [0.3, 0.4) is 0 Å². The fraction of sp³-hybridized carbons (Fsp3) is 0.440. The standard InChI is InChI=1S/C25H29N3O6S/c29-24-14-18(17-28(24)20-8-9-22-23(16-20)34-13-12-33-22)25(30)26-19-6-5-7-21(15-19)35(31,32)27-10-3-1-2-4-11-27/h5-9,15-16,18H,1-4,10-14,17H2,(H,26,30)/t18-/m1/s1. The Morgan fingerprint density at radius 3 is 2.46 bits per heavy atom. The second-order valence-corrected chi connectivity index (χ2v) is 11.0. The molecule has 9 nitrogen and oxygen atoms in total. The first-order valence-electron chi connectivity index (χ1n) is 12.0. The van der Waals surface area contributed by atoms with Crippen molar-refractivity contribution >= 4 is 33.2 Å². The van der Waals surface area contributed by atoms with Gasteiger partial charge in [0.15, 0.2) is 11.5 Å². The number of fused-ring (bicyclic) bond motifs is 1. The molecule has 35 heavy (non-hydrogen) atoms. The van der Waals surface area contributed by atoms with Crippen molar-refractivity contribution < 1.29 is 27.5 Å². The second kappa shape index (κ2) is 9.87. The molecular weight excluding hydrogens is 470 g/mol. The van der Waals surface area contributed by atoms with Crippen LogP contribution in [-0.4, -0.2) is 57.4 Å². The summed E-state index contributed by atoms with van der Waals surface area (Å²) in [6, 6.07) is 11.6. The van der Waals surface area contributed by atoms with E-state index in [9.17, 15) is 18.0 Å². The van der Waals surface area contributed by atoms with Gasteiger partial charge in [0.05, 0.1) is 10.8 Å². The van der Waals surface area contributed by atoms with Gasteiger partial charge >= 0.3 is 0 Å². The fourth-order valence-corrected chi connectivity index (χ4v) is 6.31. The molecule has 0 bridgehead atoms. The third-order valence-corrected chi connectivity index (χ3v) is 8.53. The average Bonchev–Trinajstić information content (AvgIpc) is 3.06. The van der Waals surface area contributed by atoms with Crippen LogP contribution in [0.5, 0.6) is 11.5 Å². The highest BCUT2D eigenvalue weighted by atomic mass is 32.2. The highest BCUT2D eigenvalue weighted by molar-refractivity contribution is 7.89. The molecule has 0 spiro atoms. The first-order chi connectivity index (χ1) is 16.9. The summed E-state index contributed by atoms with van der Waals surface area (Å²) in [7, 11) is -3.63. The second-order valence-electron chi connectivity index (χ2n) is 9.07. The molecule has 10 heteroatoms. The molecule has 2 fully saturated rings. The monoisotopic (exact) mass is 499 g/mol. The highest BCUT2D eigenvalue weighted by Crippen LogP contribution is 2.36. The molecule has 2 aromatic carbocycles. The Balaban J connectivity index is 1.27. The van der Waals surface area contributed by atoms with Gasteiger partial charge in [-0.3, -0.25) is 9.59 Å². The SMILES string of the molecule is O=C(Nc1cccc(S(=O)(=O)N2CCCCCC2)c1)[C@@H]1CC(=O)N(c2ccc3c(c2)OCCO3)C1. The Hall–Kier alpha value is -3.11. The summed E-state index contributed by atoms with van der Waals surface area (Å²) in [6.07, 6.45) is 3.85. The van der Waals surface area contributed by atoms with E-state index in [4.69, 9.17) is 9.47 Å². The number of carbonyl (C=O) groups excluding carboxylic acids is 2. The Labute approximate surface area is 205 Å². The molecule has 3 heterocycles. The number of sulfonamides is 1. The first-order valence-corrected chi connectivity index (χ1v) is 13.5. The lowest BCUT2D eigenvalue weighted by Gasteiger charge is -2.22. The molecule has 2 aromatic rings. The third-order valence-electron chi connectivity index (χ3n) is 6.64. The molecule has 3 aliphatic rings. The van der Waals surface area contributed by atoms with Crippen LogP contribution < -0.4 is 19.7 Å². The van der Waals surface area contributed by atoms with Crippen LogP contribution in [-0.2, 0) is 19.6 Å². The quantitative estimate of drug-likeness (QED) is 0.678. The van der Waals surface area contributed by atoms with E-state index < -0.39 is 15.9 Å². The number of rotatable bonds is 5. The lowest BCUT2D eigenvalue weighted by Crippen LogP contribution is -2.32. The van der Waals surface area contributed by atoms with Crippen LogP contribution in [0.1, 0.15) is 32.1 Å². The largest absolute Gasteiger partial charge is 0.486 e. The number of anilines is 2. The van der Waals surface area contributed by atoms with Crippen molar-refractivity contribution in [2.75, 3.05) is 43.1 Å². The van der Waals surface area contributed by atoms with Crippen LogP contribution >= 0.6 is 0 Å². The molecule has 0 aliphatic carbocycles. The number of hydrogen-bond acceptors (Lipinski definition) is 6. The maximum Gasteiger partial charge on any atom is 0.243 e. The molecule has 0 radical (unpaired) electrons. The van der Waals surface area contributed by atoms with Crippen LogP contribution in [0.2, 0.25) is 0 Å². The molecule has 0 saturated carbocycles. The molecule has 2 amide bonds. The van der Waals surface area contributed by atoms with E-state index in [0.29, 0.717) is 49.2 Å².